The van der Waals surface area contributed by atoms with Gasteiger partial charge in [-0.2, -0.15) is 15.4 Å². The molecule has 4 nitrogen and oxygen atoms in total. The number of aromatic amines is 1. The molecule has 18 heavy (non-hydrogen) atoms. The monoisotopic (exact) mass is 264 g/mol. The van der Waals surface area contributed by atoms with Crippen LogP contribution in [0, 0.1) is 0 Å². The molecule has 2 aromatic rings. The van der Waals surface area contributed by atoms with Crippen molar-refractivity contribution < 1.29 is 0 Å². The van der Waals surface area contributed by atoms with Gasteiger partial charge in [0.2, 0.25) is 0 Å². The third kappa shape index (κ3) is 3.55. The first-order valence-electron chi connectivity index (χ1n) is 6.13. The third-order valence-corrected chi connectivity index (χ3v) is 3.04. The minimum atomic E-state index is 0.185. The zero-order chi connectivity index (χ0) is 12.8. The lowest BCUT2D eigenvalue weighted by Gasteiger charge is -2.16. The standard InChI is InChI=1S/C13H17ClN4/c1-2-7-15-12(13-9-16-18-17-13)8-10-3-5-11(14)6-4-10/h3-6,9,12,15H,2,7-8H2,1H3,(H,16,17,18). The molecule has 0 aliphatic carbocycles. The molecular formula is C13H17ClN4. The van der Waals surface area contributed by atoms with Gasteiger partial charge in [0.1, 0.15) is 0 Å². The van der Waals surface area contributed by atoms with Crippen LogP contribution in [-0.2, 0) is 6.42 Å². The molecule has 0 aliphatic heterocycles. The van der Waals surface area contributed by atoms with E-state index in [-0.39, 0.29) is 6.04 Å². The minimum Gasteiger partial charge on any atom is -0.308 e. The Kier molecular flexibility index (Phi) is 4.73. The Morgan fingerprint density at radius 1 is 1.33 bits per heavy atom. The number of H-pyrrole nitrogens is 1. The second-order valence-electron chi connectivity index (χ2n) is 4.23. The molecule has 1 unspecified atom stereocenters. The second kappa shape index (κ2) is 6.52. The van der Waals surface area contributed by atoms with Gasteiger partial charge < -0.3 is 5.32 Å². The van der Waals surface area contributed by atoms with Crippen LogP contribution < -0.4 is 5.32 Å². The zero-order valence-electron chi connectivity index (χ0n) is 10.4. The van der Waals surface area contributed by atoms with Gasteiger partial charge >= 0.3 is 0 Å². The first-order valence-corrected chi connectivity index (χ1v) is 6.51. The van der Waals surface area contributed by atoms with E-state index in [1.807, 2.05) is 24.3 Å². The maximum absolute atomic E-state index is 5.89. The molecule has 1 heterocycles. The lowest BCUT2D eigenvalue weighted by Crippen LogP contribution is -2.24. The number of aromatic nitrogens is 3. The number of hydrogen-bond acceptors (Lipinski definition) is 3. The van der Waals surface area contributed by atoms with E-state index in [9.17, 15) is 0 Å². The van der Waals surface area contributed by atoms with Crippen LogP contribution in [0.1, 0.15) is 30.6 Å². The maximum Gasteiger partial charge on any atom is 0.0997 e. The predicted molar refractivity (Wildman–Crippen MR) is 72.6 cm³/mol. The maximum atomic E-state index is 5.89. The van der Waals surface area contributed by atoms with Crippen molar-refractivity contribution in [3.8, 4) is 0 Å². The van der Waals surface area contributed by atoms with Crippen molar-refractivity contribution in [3.05, 3.63) is 46.7 Å². The molecule has 0 radical (unpaired) electrons. The molecule has 0 bridgehead atoms. The van der Waals surface area contributed by atoms with Gasteiger partial charge in [0.05, 0.1) is 17.9 Å². The van der Waals surface area contributed by atoms with Crippen molar-refractivity contribution in [3.63, 3.8) is 0 Å². The summed E-state index contributed by atoms with van der Waals surface area (Å²) in [4.78, 5) is 0. The van der Waals surface area contributed by atoms with Crippen LogP contribution in [0.5, 0.6) is 0 Å². The first-order chi connectivity index (χ1) is 8.79. The van der Waals surface area contributed by atoms with E-state index in [0.717, 1.165) is 30.1 Å². The second-order valence-corrected chi connectivity index (χ2v) is 4.67. The SMILES string of the molecule is CCCNC(Cc1ccc(Cl)cc1)c1cn[nH]n1. The van der Waals surface area contributed by atoms with Crippen LogP contribution in [0.4, 0.5) is 0 Å². The highest BCUT2D eigenvalue weighted by Crippen LogP contribution is 2.17. The molecule has 5 heteroatoms. The molecule has 1 aromatic carbocycles. The quantitative estimate of drug-likeness (QED) is 0.844. The summed E-state index contributed by atoms with van der Waals surface area (Å²) in [6.07, 6.45) is 3.74. The van der Waals surface area contributed by atoms with Crippen molar-refractivity contribution in [2.45, 2.75) is 25.8 Å². The van der Waals surface area contributed by atoms with Crippen LogP contribution in [0.25, 0.3) is 0 Å². The highest BCUT2D eigenvalue weighted by Gasteiger charge is 2.14. The largest absolute Gasteiger partial charge is 0.308 e. The Hall–Kier alpha value is -1.39. The first kappa shape index (κ1) is 13.1. The van der Waals surface area contributed by atoms with Gasteiger partial charge in [-0.25, -0.2) is 0 Å². The number of nitrogens with zero attached hydrogens (tertiary/aromatic N) is 2. The Morgan fingerprint density at radius 3 is 2.72 bits per heavy atom. The summed E-state index contributed by atoms with van der Waals surface area (Å²) in [5.74, 6) is 0. The third-order valence-electron chi connectivity index (χ3n) is 2.78. The summed E-state index contributed by atoms with van der Waals surface area (Å²) in [6, 6.07) is 8.10. The summed E-state index contributed by atoms with van der Waals surface area (Å²) < 4.78 is 0. The van der Waals surface area contributed by atoms with E-state index >= 15 is 0 Å². The lowest BCUT2D eigenvalue weighted by molar-refractivity contribution is 0.517. The lowest BCUT2D eigenvalue weighted by atomic mass is 10.0. The molecule has 2 rings (SSSR count). The van der Waals surface area contributed by atoms with Gasteiger partial charge in [-0.05, 0) is 37.1 Å². The molecule has 0 saturated heterocycles. The smallest absolute Gasteiger partial charge is 0.0997 e. The molecule has 96 valence electrons. The van der Waals surface area contributed by atoms with E-state index in [0.29, 0.717) is 0 Å². The van der Waals surface area contributed by atoms with E-state index in [1.54, 1.807) is 6.20 Å². The molecule has 1 aromatic heterocycles. The fourth-order valence-corrected chi connectivity index (χ4v) is 1.96. The van der Waals surface area contributed by atoms with Crippen LogP contribution in [-0.4, -0.2) is 22.0 Å². The van der Waals surface area contributed by atoms with Gasteiger partial charge in [-0.1, -0.05) is 30.7 Å². The Balaban J connectivity index is 2.07. The molecular weight excluding hydrogens is 248 g/mol. The average molecular weight is 265 g/mol. The number of benzene rings is 1. The van der Waals surface area contributed by atoms with Crippen molar-refractivity contribution in [1.82, 2.24) is 20.7 Å². The summed E-state index contributed by atoms with van der Waals surface area (Å²) >= 11 is 5.89. The van der Waals surface area contributed by atoms with E-state index in [4.69, 9.17) is 11.6 Å². The number of rotatable bonds is 6. The van der Waals surface area contributed by atoms with E-state index < -0.39 is 0 Å². The molecule has 0 spiro atoms. The van der Waals surface area contributed by atoms with Crippen LogP contribution in [0.15, 0.2) is 30.5 Å². The molecule has 2 N–H and O–H groups in total. The topological polar surface area (TPSA) is 53.6 Å². The van der Waals surface area contributed by atoms with Crippen molar-refractivity contribution >= 4 is 11.6 Å². The summed E-state index contributed by atoms with van der Waals surface area (Å²) in [6.45, 7) is 3.11. The Labute approximate surface area is 112 Å². The Bertz CT molecular complexity index is 452. The van der Waals surface area contributed by atoms with Crippen LogP contribution in [0.2, 0.25) is 5.02 Å². The molecule has 0 fully saturated rings. The fraction of sp³-hybridized carbons (Fsp3) is 0.385. The Morgan fingerprint density at radius 2 is 2.11 bits per heavy atom. The highest BCUT2D eigenvalue weighted by atomic mass is 35.5. The number of hydrogen-bond donors (Lipinski definition) is 2. The predicted octanol–water partition coefficient (Wildman–Crippen LogP) is 2.74. The molecule has 0 aliphatic rings. The van der Waals surface area contributed by atoms with Gasteiger partial charge in [-0.15, -0.1) is 0 Å². The summed E-state index contributed by atoms with van der Waals surface area (Å²) in [5.41, 5.74) is 2.18. The van der Waals surface area contributed by atoms with E-state index in [1.165, 1.54) is 5.56 Å². The van der Waals surface area contributed by atoms with Crippen LogP contribution >= 0.6 is 11.6 Å². The number of halogens is 1. The number of nitrogens with one attached hydrogen (secondary N) is 2. The molecule has 0 amide bonds. The fourth-order valence-electron chi connectivity index (χ4n) is 1.83. The van der Waals surface area contributed by atoms with Gasteiger partial charge in [0, 0.05) is 5.02 Å². The summed E-state index contributed by atoms with van der Waals surface area (Å²) in [5, 5.41) is 14.9. The molecule has 0 saturated carbocycles. The van der Waals surface area contributed by atoms with Crippen molar-refractivity contribution in [2.75, 3.05) is 6.54 Å². The molecule has 1 atom stereocenters. The van der Waals surface area contributed by atoms with Crippen LogP contribution in [0.3, 0.4) is 0 Å². The summed E-state index contributed by atoms with van der Waals surface area (Å²) in [7, 11) is 0. The average Bonchev–Trinajstić information content (AvgIpc) is 2.90. The van der Waals surface area contributed by atoms with Gasteiger partial charge in [0.15, 0.2) is 0 Å². The van der Waals surface area contributed by atoms with Gasteiger partial charge in [0.25, 0.3) is 0 Å². The minimum absolute atomic E-state index is 0.185. The normalized spacial score (nSPS) is 12.6. The van der Waals surface area contributed by atoms with E-state index in [2.05, 4.69) is 27.7 Å². The highest BCUT2D eigenvalue weighted by molar-refractivity contribution is 6.30. The van der Waals surface area contributed by atoms with Crippen molar-refractivity contribution in [1.29, 1.82) is 0 Å². The zero-order valence-corrected chi connectivity index (χ0v) is 11.1. The van der Waals surface area contributed by atoms with Gasteiger partial charge in [-0.3, -0.25) is 0 Å². The van der Waals surface area contributed by atoms with Crippen molar-refractivity contribution in [2.24, 2.45) is 0 Å².